The smallest absolute Gasteiger partial charge is 0.251 e. The first-order valence-electron chi connectivity index (χ1n) is 9.08. The van der Waals surface area contributed by atoms with Gasteiger partial charge in [0.15, 0.2) is 0 Å². The van der Waals surface area contributed by atoms with Gasteiger partial charge in [-0.2, -0.15) is 0 Å². The molecule has 7 heteroatoms. The van der Waals surface area contributed by atoms with Gasteiger partial charge >= 0.3 is 0 Å². The maximum atomic E-state index is 14.5. The molecule has 1 heterocycles. The van der Waals surface area contributed by atoms with Gasteiger partial charge in [0.1, 0.15) is 12.4 Å². The Labute approximate surface area is 162 Å². The van der Waals surface area contributed by atoms with Gasteiger partial charge in [0.05, 0.1) is 0 Å². The lowest BCUT2D eigenvalue weighted by atomic mass is 9.96. The van der Waals surface area contributed by atoms with Crippen molar-refractivity contribution in [2.24, 2.45) is 0 Å². The zero-order chi connectivity index (χ0) is 20.3. The van der Waals surface area contributed by atoms with Crippen LogP contribution in [-0.2, 0) is 6.61 Å². The van der Waals surface area contributed by atoms with Gasteiger partial charge in [0, 0.05) is 17.2 Å². The first kappa shape index (κ1) is 19.7. The second-order valence-corrected chi connectivity index (χ2v) is 6.65. The fraction of sp³-hybridized carbons (Fsp3) is 0.286. The van der Waals surface area contributed by atoms with E-state index in [1.54, 1.807) is 37.3 Å². The average molecular weight is 383 g/mol. The Morgan fingerprint density at radius 1 is 1.21 bits per heavy atom. The van der Waals surface area contributed by atoms with Crippen LogP contribution in [0.3, 0.4) is 0 Å². The molecule has 0 aliphatic heterocycles. The molecule has 2 aromatic carbocycles. The van der Waals surface area contributed by atoms with E-state index in [-0.39, 0.29) is 30.0 Å². The summed E-state index contributed by atoms with van der Waals surface area (Å²) in [6.07, 6.45) is 0.794. The molecule has 0 radical (unpaired) electrons. The highest BCUT2D eigenvalue weighted by molar-refractivity contribution is 5.96. The van der Waals surface area contributed by atoms with Crippen LogP contribution in [0.4, 0.5) is 4.39 Å². The molecule has 0 aliphatic carbocycles. The van der Waals surface area contributed by atoms with Crippen molar-refractivity contribution in [3.05, 3.63) is 59.2 Å². The second kappa shape index (κ2) is 8.31. The summed E-state index contributed by atoms with van der Waals surface area (Å²) in [7, 11) is 0. The Hall–Kier alpha value is -3.06. The number of aliphatic hydroxyl groups excluding tert-OH is 1. The molecule has 0 saturated heterocycles. The van der Waals surface area contributed by atoms with E-state index in [2.05, 4.69) is 15.5 Å². The van der Waals surface area contributed by atoms with Crippen molar-refractivity contribution >= 4 is 5.91 Å². The molecular weight excluding hydrogens is 361 g/mol. The number of nitrogens with zero attached hydrogens (tertiary/aromatic N) is 2. The highest BCUT2D eigenvalue weighted by Crippen LogP contribution is 2.29. The van der Waals surface area contributed by atoms with Crippen molar-refractivity contribution in [2.75, 3.05) is 0 Å². The van der Waals surface area contributed by atoms with E-state index in [0.29, 0.717) is 22.6 Å². The Kier molecular flexibility index (Phi) is 5.84. The van der Waals surface area contributed by atoms with Crippen molar-refractivity contribution in [2.45, 2.75) is 39.8 Å². The number of nitrogens with one attached hydrogen (secondary N) is 1. The summed E-state index contributed by atoms with van der Waals surface area (Å²) >= 11 is 0. The van der Waals surface area contributed by atoms with Crippen LogP contribution in [0.2, 0.25) is 0 Å². The van der Waals surface area contributed by atoms with Crippen LogP contribution in [-0.4, -0.2) is 27.3 Å². The largest absolute Gasteiger partial charge is 0.418 e. The molecule has 6 nitrogen and oxygen atoms in total. The third kappa shape index (κ3) is 4.09. The standard InChI is InChI=1S/C21H22FN3O3/c1-4-12(2)23-20(27)16-9-17(13(3)18(22)10-16)14-5-7-15(8-6-14)21-25-24-19(11-26)28-21/h5-10,12,26H,4,11H2,1-3H3,(H,23,27). The average Bonchev–Trinajstić information content (AvgIpc) is 3.19. The normalized spacial score (nSPS) is 12.0. The molecular formula is C21H22FN3O3. The lowest BCUT2D eigenvalue weighted by Gasteiger charge is -2.14. The van der Waals surface area contributed by atoms with Crippen LogP contribution in [0.25, 0.3) is 22.6 Å². The van der Waals surface area contributed by atoms with Gasteiger partial charge in [-0.15, -0.1) is 10.2 Å². The van der Waals surface area contributed by atoms with Gasteiger partial charge in [-0.05, 0) is 61.2 Å². The van der Waals surface area contributed by atoms with Gasteiger partial charge in [0.25, 0.3) is 5.91 Å². The molecule has 1 amide bonds. The van der Waals surface area contributed by atoms with E-state index >= 15 is 0 Å². The number of hydrogen-bond acceptors (Lipinski definition) is 5. The zero-order valence-corrected chi connectivity index (χ0v) is 16.0. The fourth-order valence-electron chi connectivity index (χ4n) is 2.75. The lowest BCUT2D eigenvalue weighted by Crippen LogP contribution is -2.32. The van der Waals surface area contributed by atoms with Crippen LogP contribution in [0.15, 0.2) is 40.8 Å². The van der Waals surface area contributed by atoms with Crippen molar-refractivity contribution in [1.29, 1.82) is 0 Å². The van der Waals surface area contributed by atoms with Gasteiger partial charge in [-0.3, -0.25) is 4.79 Å². The SMILES string of the molecule is CCC(C)NC(=O)c1cc(F)c(C)c(-c2ccc(-c3nnc(CO)o3)cc2)c1. The Balaban J connectivity index is 1.93. The molecule has 2 N–H and O–H groups in total. The lowest BCUT2D eigenvalue weighted by molar-refractivity contribution is 0.0939. The maximum Gasteiger partial charge on any atom is 0.251 e. The number of rotatable bonds is 6. The molecule has 0 spiro atoms. The molecule has 0 fully saturated rings. The van der Waals surface area contributed by atoms with Crippen LogP contribution in [0.1, 0.15) is 42.1 Å². The van der Waals surface area contributed by atoms with Crippen LogP contribution < -0.4 is 5.32 Å². The first-order chi connectivity index (χ1) is 13.4. The van der Waals surface area contributed by atoms with Crippen molar-refractivity contribution in [3.63, 3.8) is 0 Å². The van der Waals surface area contributed by atoms with E-state index in [1.807, 2.05) is 13.8 Å². The highest BCUT2D eigenvalue weighted by atomic mass is 19.1. The molecule has 0 aliphatic rings. The predicted octanol–water partition coefficient (Wildman–Crippen LogP) is 3.87. The summed E-state index contributed by atoms with van der Waals surface area (Å²) in [5, 5.41) is 19.5. The number of amides is 1. The molecule has 1 atom stereocenters. The highest BCUT2D eigenvalue weighted by Gasteiger charge is 2.15. The summed E-state index contributed by atoms with van der Waals surface area (Å²) in [6, 6.07) is 10.1. The molecule has 0 bridgehead atoms. The molecule has 146 valence electrons. The van der Waals surface area contributed by atoms with E-state index in [9.17, 15) is 9.18 Å². The molecule has 3 aromatic rings. The van der Waals surface area contributed by atoms with Gasteiger partial charge in [0.2, 0.25) is 11.8 Å². The Morgan fingerprint density at radius 3 is 2.50 bits per heavy atom. The number of carbonyl (C=O) groups is 1. The summed E-state index contributed by atoms with van der Waals surface area (Å²) in [6.45, 7) is 5.23. The Morgan fingerprint density at radius 2 is 1.89 bits per heavy atom. The van der Waals surface area contributed by atoms with Crippen molar-refractivity contribution < 1.29 is 18.7 Å². The number of hydrogen-bond donors (Lipinski definition) is 2. The number of carbonyl (C=O) groups excluding carboxylic acids is 1. The number of benzene rings is 2. The number of halogens is 1. The number of aliphatic hydroxyl groups is 1. The van der Waals surface area contributed by atoms with Crippen LogP contribution in [0, 0.1) is 12.7 Å². The third-order valence-corrected chi connectivity index (χ3v) is 4.64. The second-order valence-electron chi connectivity index (χ2n) is 6.65. The minimum atomic E-state index is -0.430. The van der Waals surface area contributed by atoms with E-state index in [1.165, 1.54) is 6.07 Å². The monoisotopic (exact) mass is 383 g/mol. The molecule has 28 heavy (non-hydrogen) atoms. The van der Waals surface area contributed by atoms with Crippen LogP contribution >= 0.6 is 0 Å². The molecule has 0 saturated carbocycles. The first-order valence-corrected chi connectivity index (χ1v) is 9.08. The van der Waals surface area contributed by atoms with Gasteiger partial charge in [-0.25, -0.2) is 4.39 Å². The summed E-state index contributed by atoms with van der Waals surface area (Å²) in [4.78, 5) is 12.4. The van der Waals surface area contributed by atoms with E-state index in [4.69, 9.17) is 9.52 Å². The van der Waals surface area contributed by atoms with E-state index < -0.39 is 5.82 Å². The van der Waals surface area contributed by atoms with Crippen molar-refractivity contribution in [1.82, 2.24) is 15.5 Å². The predicted molar refractivity (Wildman–Crippen MR) is 103 cm³/mol. The molecule has 1 unspecified atom stereocenters. The topological polar surface area (TPSA) is 88.2 Å². The number of aromatic nitrogens is 2. The molecule has 3 rings (SSSR count). The summed E-state index contributed by atoms with van der Waals surface area (Å²) in [5.74, 6) is -0.300. The van der Waals surface area contributed by atoms with Crippen molar-refractivity contribution in [3.8, 4) is 22.6 Å². The molecule has 1 aromatic heterocycles. The fourth-order valence-corrected chi connectivity index (χ4v) is 2.75. The quantitative estimate of drug-likeness (QED) is 0.675. The Bertz CT molecular complexity index is 983. The minimum Gasteiger partial charge on any atom is -0.418 e. The van der Waals surface area contributed by atoms with Gasteiger partial charge < -0.3 is 14.8 Å². The third-order valence-electron chi connectivity index (χ3n) is 4.64. The van der Waals surface area contributed by atoms with E-state index in [0.717, 1.165) is 12.0 Å². The minimum absolute atomic E-state index is 0.0119. The van der Waals surface area contributed by atoms with Gasteiger partial charge in [-0.1, -0.05) is 19.1 Å². The summed E-state index contributed by atoms with van der Waals surface area (Å²) < 4.78 is 19.8. The zero-order valence-electron chi connectivity index (χ0n) is 16.0. The van der Waals surface area contributed by atoms with Crippen LogP contribution in [0.5, 0.6) is 0 Å². The maximum absolute atomic E-state index is 14.5. The summed E-state index contributed by atoms with van der Waals surface area (Å²) in [5.41, 5.74) is 2.84.